The minimum absolute atomic E-state index is 0.372. The Morgan fingerprint density at radius 3 is 2.77 bits per heavy atom. The molecule has 0 spiro atoms. The SMILES string of the molecule is CC(C)CCC[C@@]1(O)CCOC1=O. The van der Waals surface area contributed by atoms with Crippen molar-refractivity contribution >= 4 is 5.97 Å². The van der Waals surface area contributed by atoms with Crippen LogP contribution in [0.5, 0.6) is 0 Å². The second-order valence-corrected chi connectivity index (χ2v) is 4.20. The molecule has 1 rings (SSSR count). The molecule has 3 nitrogen and oxygen atoms in total. The lowest BCUT2D eigenvalue weighted by Crippen LogP contribution is -2.33. The molecule has 1 atom stereocenters. The first-order valence-electron chi connectivity index (χ1n) is 4.94. The zero-order valence-electron chi connectivity index (χ0n) is 8.38. The van der Waals surface area contributed by atoms with Crippen LogP contribution in [-0.4, -0.2) is 23.3 Å². The van der Waals surface area contributed by atoms with Crippen LogP contribution in [0.3, 0.4) is 0 Å². The van der Waals surface area contributed by atoms with Gasteiger partial charge in [-0.2, -0.15) is 0 Å². The predicted octanol–water partition coefficient (Wildman–Crippen LogP) is 1.49. The molecular formula is C10H18O3. The summed E-state index contributed by atoms with van der Waals surface area (Å²) < 4.78 is 4.74. The molecule has 1 fully saturated rings. The first kappa shape index (κ1) is 10.5. The number of aliphatic hydroxyl groups is 1. The lowest BCUT2D eigenvalue weighted by Gasteiger charge is -2.17. The zero-order chi connectivity index (χ0) is 9.90. The Morgan fingerprint density at radius 1 is 1.62 bits per heavy atom. The number of rotatable bonds is 4. The van der Waals surface area contributed by atoms with Gasteiger partial charge < -0.3 is 9.84 Å². The Morgan fingerprint density at radius 2 is 2.31 bits per heavy atom. The third kappa shape index (κ3) is 2.69. The maximum Gasteiger partial charge on any atom is 0.338 e. The van der Waals surface area contributed by atoms with Gasteiger partial charge in [-0.25, -0.2) is 4.79 Å². The van der Waals surface area contributed by atoms with E-state index in [1.807, 2.05) is 0 Å². The topological polar surface area (TPSA) is 46.5 Å². The largest absolute Gasteiger partial charge is 0.463 e. The van der Waals surface area contributed by atoms with Gasteiger partial charge in [0, 0.05) is 6.42 Å². The van der Waals surface area contributed by atoms with Crippen LogP contribution in [0.2, 0.25) is 0 Å². The van der Waals surface area contributed by atoms with Crippen molar-refractivity contribution in [1.82, 2.24) is 0 Å². The van der Waals surface area contributed by atoms with E-state index in [0.717, 1.165) is 12.8 Å². The first-order chi connectivity index (χ1) is 6.04. The number of hydrogen-bond donors (Lipinski definition) is 1. The summed E-state index contributed by atoms with van der Waals surface area (Å²) in [6.45, 7) is 4.64. The normalized spacial score (nSPS) is 28.2. The fourth-order valence-corrected chi connectivity index (χ4v) is 1.58. The van der Waals surface area contributed by atoms with E-state index in [1.54, 1.807) is 0 Å². The van der Waals surface area contributed by atoms with Crippen molar-refractivity contribution in [2.45, 2.75) is 45.1 Å². The molecule has 0 radical (unpaired) electrons. The molecule has 13 heavy (non-hydrogen) atoms. The van der Waals surface area contributed by atoms with Crippen LogP contribution < -0.4 is 0 Å². The van der Waals surface area contributed by atoms with Crippen LogP contribution in [0.15, 0.2) is 0 Å². The smallest absolute Gasteiger partial charge is 0.338 e. The summed E-state index contributed by atoms with van der Waals surface area (Å²) in [7, 11) is 0. The molecule has 0 amide bonds. The first-order valence-corrected chi connectivity index (χ1v) is 4.94. The average molecular weight is 186 g/mol. The van der Waals surface area contributed by atoms with Crippen LogP contribution >= 0.6 is 0 Å². The predicted molar refractivity (Wildman–Crippen MR) is 49.2 cm³/mol. The molecule has 1 heterocycles. The second kappa shape index (κ2) is 4.09. The summed E-state index contributed by atoms with van der Waals surface area (Å²) in [5.74, 6) is 0.192. The highest BCUT2D eigenvalue weighted by Crippen LogP contribution is 2.26. The molecule has 1 aliphatic rings. The molecule has 0 bridgehead atoms. The van der Waals surface area contributed by atoms with E-state index in [4.69, 9.17) is 4.74 Å². The summed E-state index contributed by atoms with van der Waals surface area (Å²) in [5, 5.41) is 9.80. The van der Waals surface area contributed by atoms with Gasteiger partial charge in [0.1, 0.15) is 0 Å². The van der Waals surface area contributed by atoms with Crippen molar-refractivity contribution in [2.24, 2.45) is 5.92 Å². The quantitative estimate of drug-likeness (QED) is 0.677. The highest BCUT2D eigenvalue weighted by atomic mass is 16.6. The molecule has 0 unspecified atom stereocenters. The van der Waals surface area contributed by atoms with Gasteiger partial charge in [-0.1, -0.05) is 20.3 Å². The molecular weight excluding hydrogens is 168 g/mol. The Hall–Kier alpha value is -0.570. The third-order valence-electron chi connectivity index (χ3n) is 2.50. The molecule has 76 valence electrons. The van der Waals surface area contributed by atoms with Gasteiger partial charge in [0.05, 0.1) is 6.61 Å². The maximum absolute atomic E-state index is 11.1. The third-order valence-corrected chi connectivity index (χ3v) is 2.50. The van der Waals surface area contributed by atoms with E-state index in [2.05, 4.69) is 13.8 Å². The molecule has 0 aromatic heterocycles. The highest BCUT2D eigenvalue weighted by Gasteiger charge is 2.41. The van der Waals surface area contributed by atoms with Crippen molar-refractivity contribution in [3.8, 4) is 0 Å². The number of cyclic esters (lactones) is 1. The summed E-state index contributed by atoms with van der Waals surface area (Å²) >= 11 is 0. The second-order valence-electron chi connectivity index (χ2n) is 4.20. The molecule has 0 aromatic rings. The van der Waals surface area contributed by atoms with Gasteiger partial charge >= 0.3 is 5.97 Å². The highest BCUT2D eigenvalue weighted by molar-refractivity contribution is 5.80. The molecule has 0 aliphatic carbocycles. The Kier molecular flexibility index (Phi) is 3.31. The lowest BCUT2D eigenvalue weighted by molar-refractivity contribution is -0.153. The standard InChI is InChI=1S/C10H18O3/c1-8(2)4-3-5-10(12)6-7-13-9(10)11/h8,12H,3-7H2,1-2H3/t10-/m1/s1. The summed E-state index contributed by atoms with van der Waals surface area (Å²) in [6.07, 6.45) is 2.95. The molecule has 0 aromatic carbocycles. The molecule has 3 heteroatoms. The van der Waals surface area contributed by atoms with Gasteiger partial charge in [-0.15, -0.1) is 0 Å². The van der Waals surface area contributed by atoms with Gasteiger partial charge in [-0.05, 0) is 18.8 Å². The van der Waals surface area contributed by atoms with Crippen molar-refractivity contribution < 1.29 is 14.6 Å². The van der Waals surface area contributed by atoms with Crippen LogP contribution in [0.4, 0.5) is 0 Å². The van der Waals surface area contributed by atoms with Crippen molar-refractivity contribution in [1.29, 1.82) is 0 Å². The molecule has 1 aliphatic heterocycles. The van der Waals surface area contributed by atoms with Crippen molar-refractivity contribution in [3.63, 3.8) is 0 Å². The van der Waals surface area contributed by atoms with E-state index < -0.39 is 11.6 Å². The monoisotopic (exact) mass is 186 g/mol. The van der Waals surface area contributed by atoms with Gasteiger partial charge in [-0.3, -0.25) is 0 Å². The zero-order valence-corrected chi connectivity index (χ0v) is 8.38. The van der Waals surface area contributed by atoms with Crippen LogP contribution in [0.1, 0.15) is 39.5 Å². The minimum atomic E-state index is -1.17. The van der Waals surface area contributed by atoms with Crippen LogP contribution in [0, 0.1) is 5.92 Å². The van der Waals surface area contributed by atoms with Crippen molar-refractivity contribution in [2.75, 3.05) is 6.61 Å². The van der Waals surface area contributed by atoms with E-state index in [0.29, 0.717) is 25.4 Å². The fraction of sp³-hybridized carbons (Fsp3) is 0.900. The number of ether oxygens (including phenoxy) is 1. The summed E-state index contributed by atoms with van der Waals surface area (Å²) in [5.41, 5.74) is -1.17. The molecule has 1 saturated heterocycles. The van der Waals surface area contributed by atoms with E-state index in [-0.39, 0.29) is 0 Å². The number of carbonyl (C=O) groups is 1. The average Bonchev–Trinajstić information content (AvgIpc) is 2.32. The fourth-order valence-electron chi connectivity index (χ4n) is 1.58. The summed E-state index contributed by atoms with van der Waals surface area (Å²) in [4.78, 5) is 11.1. The van der Waals surface area contributed by atoms with E-state index in [1.165, 1.54) is 0 Å². The van der Waals surface area contributed by atoms with E-state index >= 15 is 0 Å². The number of hydrogen-bond acceptors (Lipinski definition) is 3. The van der Waals surface area contributed by atoms with Gasteiger partial charge in [0.2, 0.25) is 0 Å². The van der Waals surface area contributed by atoms with Gasteiger partial charge in [0.15, 0.2) is 5.60 Å². The number of esters is 1. The Bertz CT molecular complexity index is 189. The Labute approximate surface area is 79.1 Å². The van der Waals surface area contributed by atoms with Gasteiger partial charge in [0.25, 0.3) is 0 Å². The van der Waals surface area contributed by atoms with Crippen LogP contribution in [0.25, 0.3) is 0 Å². The number of carbonyl (C=O) groups excluding carboxylic acids is 1. The Balaban J connectivity index is 2.30. The van der Waals surface area contributed by atoms with Crippen LogP contribution in [-0.2, 0) is 9.53 Å². The minimum Gasteiger partial charge on any atom is -0.463 e. The lowest BCUT2D eigenvalue weighted by atomic mass is 9.93. The maximum atomic E-state index is 11.1. The molecule has 1 N–H and O–H groups in total. The summed E-state index contributed by atoms with van der Waals surface area (Å²) in [6, 6.07) is 0. The van der Waals surface area contributed by atoms with E-state index in [9.17, 15) is 9.90 Å². The molecule has 0 saturated carbocycles. The van der Waals surface area contributed by atoms with Crippen molar-refractivity contribution in [3.05, 3.63) is 0 Å².